The maximum absolute atomic E-state index is 12.1. The second-order valence-corrected chi connectivity index (χ2v) is 4.62. The fourth-order valence-corrected chi connectivity index (χ4v) is 1.77. The number of rotatable bonds is 2. The number of hydrogen-bond acceptors (Lipinski definition) is 4. The highest BCUT2D eigenvalue weighted by atomic mass is 35.5. The molecule has 2 N–H and O–H groups in total. The molecule has 2 aromatic rings. The molecule has 2 heterocycles. The number of nitrogens with one attached hydrogen (secondary N) is 1. The smallest absolute Gasteiger partial charge is 0.267 e. The van der Waals surface area contributed by atoms with E-state index >= 15 is 0 Å². The minimum atomic E-state index is -0.702. The maximum atomic E-state index is 12.1. The lowest BCUT2D eigenvalue weighted by Gasteiger charge is -2.09. The third kappa shape index (κ3) is 2.65. The Morgan fingerprint density at radius 3 is 2.75 bits per heavy atom. The average molecular weight is 294 g/mol. The summed E-state index contributed by atoms with van der Waals surface area (Å²) in [6, 6.07) is 4.41. The SMILES string of the molecule is Cc1cc(O)c(C(=O)Nc2ccc(Cl)nc2)c(=O)n1C. The topological polar surface area (TPSA) is 84.2 Å². The molecule has 0 bridgehead atoms. The van der Waals surface area contributed by atoms with Crippen molar-refractivity contribution in [3.63, 3.8) is 0 Å². The lowest BCUT2D eigenvalue weighted by atomic mass is 10.2. The van der Waals surface area contributed by atoms with Crippen LogP contribution in [0, 0.1) is 6.92 Å². The molecule has 20 heavy (non-hydrogen) atoms. The third-order valence-corrected chi connectivity index (χ3v) is 3.09. The first-order chi connectivity index (χ1) is 9.40. The Balaban J connectivity index is 2.37. The van der Waals surface area contributed by atoms with E-state index in [-0.39, 0.29) is 16.5 Å². The van der Waals surface area contributed by atoms with Crippen molar-refractivity contribution >= 4 is 23.2 Å². The van der Waals surface area contributed by atoms with Gasteiger partial charge in [0.2, 0.25) is 0 Å². The van der Waals surface area contributed by atoms with Crippen LogP contribution in [0.15, 0.2) is 29.2 Å². The van der Waals surface area contributed by atoms with Crippen LogP contribution in [0.25, 0.3) is 0 Å². The predicted molar refractivity (Wildman–Crippen MR) is 75.3 cm³/mol. The van der Waals surface area contributed by atoms with Crippen molar-refractivity contribution in [2.45, 2.75) is 6.92 Å². The molecule has 2 aromatic heterocycles. The van der Waals surface area contributed by atoms with Gasteiger partial charge in [-0.25, -0.2) is 4.98 Å². The molecule has 0 unspecified atom stereocenters. The van der Waals surface area contributed by atoms with Gasteiger partial charge in [0.15, 0.2) is 0 Å². The van der Waals surface area contributed by atoms with Crippen molar-refractivity contribution in [1.29, 1.82) is 0 Å². The molecular weight excluding hydrogens is 282 g/mol. The summed E-state index contributed by atoms with van der Waals surface area (Å²) in [5.41, 5.74) is 0.0496. The zero-order valence-corrected chi connectivity index (χ0v) is 11.6. The van der Waals surface area contributed by atoms with Crippen LogP contribution in [0.3, 0.4) is 0 Å². The van der Waals surface area contributed by atoms with Gasteiger partial charge in [0.1, 0.15) is 16.5 Å². The van der Waals surface area contributed by atoms with Gasteiger partial charge in [0.25, 0.3) is 11.5 Å². The van der Waals surface area contributed by atoms with Crippen molar-refractivity contribution in [1.82, 2.24) is 9.55 Å². The Bertz CT molecular complexity index is 723. The maximum Gasteiger partial charge on any atom is 0.267 e. The molecule has 2 rings (SSSR count). The van der Waals surface area contributed by atoms with E-state index in [1.54, 1.807) is 13.0 Å². The van der Waals surface area contributed by atoms with E-state index in [9.17, 15) is 14.7 Å². The van der Waals surface area contributed by atoms with Gasteiger partial charge in [0.05, 0.1) is 11.9 Å². The first-order valence-corrected chi connectivity index (χ1v) is 6.10. The Morgan fingerprint density at radius 2 is 2.15 bits per heavy atom. The second-order valence-electron chi connectivity index (χ2n) is 4.23. The first kappa shape index (κ1) is 14.1. The van der Waals surface area contributed by atoms with Gasteiger partial charge in [-0.15, -0.1) is 0 Å². The zero-order chi connectivity index (χ0) is 14.9. The highest BCUT2D eigenvalue weighted by molar-refractivity contribution is 6.29. The van der Waals surface area contributed by atoms with Gasteiger partial charge in [0, 0.05) is 18.8 Å². The minimum Gasteiger partial charge on any atom is -0.507 e. The number of hydrogen-bond donors (Lipinski definition) is 2. The lowest BCUT2D eigenvalue weighted by Crippen LogP contribution is -2.28. The summed E-state index contributed by atoms with van der Waals surface area (Å²) in [6.45, 7) is 1.66. The zero-order valence-electron chi connectivity index (χ0n) is 10.8. The number of carbonyl (C=O) groups excluding carboxylic acids is 1. The Labute approximate surface area is 119 Å². The number of pyridine rings is 2. The van der Waals surface area contributed by atoms with Gasteiger partial charge in [-0.2, -0.15) is 0 Å². The number of halogens is 1. The van der Waals surface area contributed by atoms with Crippen LogP contribution in [0.4, 0.5) is 5.69 Å². The van der Waals surface area contributed by atoms with Gasteiger partial charge in [-0.1, -0.05) is 11.6 Å². The Morgan fingerprint density at radius 1 is 1.45 bits per heavy atom. The summed E-state index contributed by atoms with van der Waals surface area (Å²) in [5, 5.41) is 12.5. The lowest BCUT2D eigenvalue weighted by molar-refractivity contribution is 0.102. The van der Waals surface area contributed by atoms with Crippen molar-refractivity contribution < 1.29 is 9.90 Å². The number of aryl methyl sites for hydroxylation is 1. The molecule has 0 saturated carbocycles. The first-order valence-electron chi connectivity index (χ1n) is 5.72. The molecule has 0 radical (unpaired) electrons. The van der Waals surface area contributed by atoms with Crippen LogP contribution in [0.2, 0.25) is 5.15 Å². The number of anilines is 1. The van der Waals surface area contributed by atoms with Crippen LogP contribution in [0.5, 0.6) is 5.75 Å². The van der Waals surface area contributed by atoms with Crippen molar-refractivity contribution in [2.75, 3.05) is 5.32 Å². The van der Waals surface area contributed by atoms with Gasteiger partial charge in [-0.3, -0.25) is 9.59 Å². The van der Waals surface area contributed by atoms with E-state index in [2.05, 4.69) is 10.3 Å². The van der Waals surface area contributed by atoms with E-state index in [4.69, 9.17) is 11.6 Å². The third-order valence-electron chi connectivity index (χ3n) is 2.86. The fourth-order valence-electron chi connectivity index (χ4n) is 1.66. The molecule has 0 saturated heterocycles. The van der Waals surface area contributed by atoms with Crippen LogP contribution in [-0.2, 0) is 7.05 Å². The highest BCUT2D eigenvalue weighted by Crippen LogP contribution is 2.16. The van der Waals surface area contributed by atoms with Crippen LogP contribution in [-0.4, -0.2) is 20.6 Å². The molecule has 104 valence electrons. The standard InChI is InChI=1S/C13H12ClN3O3/c1-7-5-9(18)11(13(20)17(7)2)12(19)16-8-3-4-10(14)15-6-8/h3-6,18H,1-2H3,(H,16,19). The molecule has 0 spiro atoms. The number of amides is 1. The summed E-state index contributed by atoms with van der Waals surface area (Å²) in [5.74, 6) is -1.06. The second kappa shape index (κ2) is 5.34. The van der Waals surface area contributed by atoms with Crippen molar-refractivity contribution in [3.8, 4) is 5.75 Å². The van der Waals surface area contributed by atoms with Crippen molar-refractivity contribution in [3.05, 3.63) is 51.2 Å². The fraction of sp³-hybridized carbons (Fsp3) is 0.154. The van der Waals surface area contributed by atoms with Crippen LogP contribution >= 0.6 is 11.6 Å². The average Bonchev–Trinajstić information content (AvgIpc) is 2.39. The normalized spacial score (nSPS) is 10.3. The summed E-state index contributed by atoms with van der Waals surface area (Å²) < 4.78 is 1.29. The summed E-state index contributed by atoms with van der Waals surface area (Å²) >= 11 is 5.64. The minimum absolute atomic E-state index is 0.289. The van der Waals surface area contributed by atoms with E-state index in [0.717, 1.165) is 0 Å². The predicted octanol–water partition coefficient (Wildman–Crippen LogP) is 1.70. The molecule has 0 aliphatic carbocycles. The quantitative estimate of drug-likeness (QED) is 0.826. The van der Waals surface area contributed by atoms with Gasteiger partial charge < -0.3 is 15.0 Å². The van der Waals surface area contributed by atoms with E-state index in [0.29, 0.717) is 11.4 Å². The molecule has 0 aliphatic heterocycles. The van der Waals surface area contributed by atoms with E-state index in [1.807, 2.05) is 0 Å². The number of aromatic nitrogens is 2. The highest BCUT2D eigenvalue weighted by Gasteiger charge is 2.18. The van der Waals surface area contributed by atoms with E-state index in [1.165, 1.54) is 29.9 Å². The number of aromatic hydroxyl groups is 1. The van der Waals surface area contributed by atoms with Crippen molar-refractivity contribution in [2.24, 2.45) is 7.05 Å². The molecule has 0 atom stereocenters. The number of nitrogens with zero attached hydrogens (tertiary/aromatic N) is 2. The monoisotopic (exact) mass is 293 g/mol. The molecule has 7 heteroatoms. The summed E-state index contributed by atoms with van der Waals surface area (Å²) in [7, 11) is 1.53. The number of carbonyl (C=O) groups is 1. The summed E-state index contributed by atoms with van der Waals surface area (Å²) in [6.07, 6.45) is 1.36. The summed E-state index contributed by atoms with van der Waals surface area (Å²) in [4.78, 5) is 27.9. The molecule has 1 amide bonds. The molecular formula is C13H12ClN3O3. The Hall–Kier alpha value is -2.34. The van der Waals surface area contributed by atoms with E-state index < -0.39 is 11.5 Å². The molecule has 6 nitrogen and oxygen atoms in total. The molecule has 0 aliphatic rings. The van der Waals surface area contributed by atoms with Gasteiger partial charge >= 0.3 is 0 Å². The van der Waals surface area contributed by atoms with Crippen LogP contribution in [0.1, 0.15) is 16.1 Å². The molecule has 0 fully saturated rings. The largest absolute Gasteiger partial charge is 0.507 e. The Kier molecular flexibility index (Phi) is 3.76. The van der Waals surface area contributed by atoms with Gasteiger partial charge in [-0.05, 0) is 19.1 Å². The molecule has 0 aromatic carbocycles. The van der Waals surface area contributed by atoms with Crippen LogP contribution < -0.4 is 10.9 Å².